The van der Waals surface area contributed by atoms with Gasteiger partial charge in [-0.05, 0) is 24.3 Å². The Hall–Kier alpha value is -3.15. The maximum atomic E-state index is 11.0. The van der Waals surface area contributed by atoms with E-state index in [1.807, 2.05) is 30.3 Å². The molecule has 0 saturated heterocycles. The van der Waals surface area contributed by atoms with Crippen LogP contribution in [0.15, 0.2) is 48.7 Å². The molecular formula is C15H12N4O2. The summed E-state index contributed by atoms with van der Waals surface area (Å²) in [6.45, 7) is 0. The number of aromatic nitrogens is 2. The normalized spacial score (nSPS) is 10.5. The van der Waals surface area contributed by atoms with Gasteiger partial charge >= 0.3 is 5.97 Å². The van der Waals surface area contributed by atoms with E-state index in [2.05, 4.69) is 15.3 Å². The molecule has 0 bridgehead atoms. The third kappa shape index (κ3) is 2.46. The van der Waals surface area contributed by atoms with Gasteiger partial charge in [0.15, 0.2) is 11.5 Å². The van der Waals surface area contributed by atoms with Crippen molar-refractivity contribution in [2.45, 2.75) is 0 Å². The van der Waals surface area contributed by atoms with Gasteiger partial charge < -0.3 is 16.2 Å². The number of benzene rings is 1. The Morgan fingerprint density at radius 1 is 1.14 bits per heavy atom. The minimum absolute atomic E-state index is 0.0695. The summed E-state index contributed by atoms with van der Waals surface area (Å²) in [5.74, 6) is -0.804. The van der Waals surface area contributed by atoms with Crippen molar-refractivity contribution in [1.29, 1.82) is 0 Å². The predicted octanol–water partition coefficient (Wildman–Crippen LogP) is 2.65. The molecule has 0 atom stereocenters. The number of para-hydroxylation sites is 1. The average Bonchev–Trinajstić information content (AvgIpc) is 2.49. The number of nitrogens with two attached hydrogens (primary N) is 1. The highest BCUT2D eigenvalue weighted by Gasteiger charge is 2.10. The first-order valence-corrected chi connectivity index (χ1v) is 6.26. The summed E-state index contributed by atoms with van der Waals surface area (Å²) in [6.07, 6.45) is 1.69. The fourth-order valence-electron chi connectivity index (χ4n) is 2.02. The van der Waals surface area contributed by atoms with Crippen LogP contribution in [0.5, 0.6) is 0 Å². The number of pyridine rings is 2. The molecule has 4 N–H and O–H groups in total. The largest absolute Gasteiger partial charge is 0.477 e. The standard InChI is InChI=1S/C15H12N4O2/c16-10-6-7-12(15(20)21)19-14(10)18-11-5-1-3-9-4-2-8-17-13(9)11/h1-8H,16H2,(H,18,19)(H,20,21). The Balaban J connectivity index is 2.06. The lowest BCUT2D eigenvalue weighted by atomic mass is 10.2. The number of anilines is 3. The molecule has 0 fully saturated rings. The molecular weight excluding hydrogens is 268 g/mol. The van der Waals surface area contributed by atoms with E-state index in [4.69, 9.17) is 10.8 Å². The summed E-state index contributed by atoms with van der Waals surface area (Å²) in [5, 5.41) is 13.0. The van der Waals surface area contributed by atoms with Gasteiger partial charge in [-0.15, -0.1) is 0 Å². The number of nitrogens with zero attached hydrogens (tertiary/aromatic N) is 2. The first-order chi connectivity index (χ1) is 10.1. The van der Waals surface area contributed by atoms with E-state index in [1.165, 1.54) is 12.1 Å². The van der Waals surface area contributed by atoms with Crippen LogP contribution in [0.25, 0.3) is 10.9 Å². The van der Waals surface area contributed by atoms with Crippen molar-refractivity contribution < 1.29 is 9.90 Å². The zero-order chi connectivity index (χ0) is 14.8. The van der Waals surface area contributed by atoms with E-state index in [-0.39, 0.29) is 5.69 Å². The van der Waals surface area contributed by atoms with Crippen LogP contribution in [0.3, 0.4) is 0 Å². The lowest BCUT2D eigenvalue weighted by Crippen LogP contribution is -2.06. The number of hydrogen-bond acceptors (Lipinski definition) is 5. The van der Waals surface area contributed by atoms with Gasteiger partial charge in [-0.25, -0.2) is 9.78 Å². The van der Waals surface area contributed by atoms with Crippen LogP contribution in [-0.2, 0) is 0 Å². The van der Waals surface area contributed by atoms with Crippen molar-refractivity contribution in [2.75, 3.05) is 11.1 Å². The Kier molecular flexibility index (Phi) is 3.12. The Bertz CT molecular complexity index is 828. The maximum Gasteiger partial charge on any atom is 0.354 e. The molecule has 0 radical (unpaired) electrons. The van der Waals surface area contributed by atoms with Gasteiger partial charge in [0.1, 0.15) is 0 Å². The van der Waals surface area contributed by atoms with Crippen LogP contribution < -0.4 is 11.1 Å². The minimum atomic E-state index is -1.10. The second kappa shape index (κ2) is 5.09. The molecule has 6 heteroatoms. The van der Waals surface area contributed by atoms with Crippen molar-refractivity contribution in [3.05, 3.63) is 54.4 Å². The van der Waals surface area contributed by atoms with Gasteiger partial charge in [0.2, 0.25) is 0 Å². The number of nitrogen functional groups attached to an aromatic ring is 1. The maximum absolute atomic E-state index is 11.0. The van der Waals surface area contributed by atoms with Gasteiger partial charge in [-0.1, -0.05) is 18.2 Å². The van der Waals surface area contributed by atoms with Gasteiger partial charge in [0.25, 0.3) is 0 Å². The molecule has 3 rings (SSSR count). The Morgan fingerprint density at radius 2 is 1.95 bits per heavy atom. The van der Waals surface area contributed by atoms with E-state index in [1.54, 1.807) is 6.20 Å². The predicted molar refractivity (Wildman–Crippen MR) is 80.6 cm³/mol. The molecule has 0 amide bonds. The second-order valence-electron chi connectivity index (χ2n) is 4.45. The molecule has 0 unspecified atom stereocenters. The van der Waals surface area contributed by atoms with Gasteiger partial charge in [0, 0.05) is 11.6 Å². The molecule has 6 nitrogen and oxygen atoms in total. The zero-order valence-corrected chi connectivity index (χ0v) is 10.9. The highest BCUT2D eigenvalue weighted by atomic mass is 16.4. The minimum Gasteiger partial charge on any atom is -0.477 e. The van der Waals surface area contributed by atoms with Crippen molar-refractivity contribution in [2.24, 2.45) is 0 Å². The van der Waals surface area contributed by atoms with E-state index in [0.717, 1.165) is 16.6 Å². The summed E-state index contributed by atoms with van der Waals surface area (Å²) >= 11 is 0. The quantitative estimate of drug-likeness (QED) is 0.681. The van der Waals surface area contributed by atoms with Crippen LogP contribution in [0.2, 0.25) is 0 Å². The van der Waals surface area contributed by atoms with Crippen LogP contribution >= 0.6 is 0 Å². The number of aromatic carboxylic acids is 1. The smallest absolute Gasteiger partial charge is 0.354 e. The van der Waals surface area contributed by atoms with Crippen molar-refractivity contribution in [3.63, 3.8) is 0 Å². The van der Waals surface area contributed by atoms with Crippen molar-refractivity contribution in [1.82, 2.24) is 9.97 Å². The third-order valence-electron chi connectivity index (χ3n) is 3.03. The van der Waals surface area contributed by atoms with E-state index >= 15 is 0 Å². The fourth-order valence-corrected chi connectivity index (χ4v) is 2.02. The third-order valence-corrected chi connectivity index (χ3v) is 3.03. The van der Waals surface area contributed by atoms with Crippen LogP contribution in [0.1, 0.15) is 10.5 Å². The van der Waals surface area contributed by atoms with Gasteiger partial charge in [0.05, 0.1) is 16.9 Å². The average molecular weight is 280 g/mol. The molecule has 2 heterocycles. The number of hydrogen-bond donors (Lipinski definition) is 3. The molecule has 2 aromatic heterocycles. The highest BCUT2D eigenvalue weighted by Crippen LogP contribution is 2.26. The van der Waals surface area contributed by atoms with Crippen LogP contribution in [0, 0.1) is 0 Å². The number of fused-ring (bicyclic) bond motifs is 1. The van der Waals surface area contributed by atoms with Crippen LogP contribution in [-0.4, -0.2) is 21.0 Å². The summed E-state index contributed by atoms with van der Waals surface area (Å²) in [7, 11) is 0. The molecule has 0 aliphatic heterocycles. The topological polar surface area (TPSA) is 101 Å². The first kappa shape index (κ1) is 12.9. The Morgan fingerprint density at radius 3 is 2.76 bits per heavy atom. The molecule has 0 saturated carbocycles. The number of rotatable bonds is 3. The number of carbonyl (C=O) groups is 1. The van der Waals surface area contributed by atoms with E-state index in [0.29, 0.717) is 11.5 Å². The SMILES string of the molecule is Nc1ccc(C(=O)O)nc1Nc1cccc2cccnc12. The molecule has 1 aromatic carbocycles. The van der Waals surface area contributed by atoms with Crippen molar-refractivity contribution >= 4 is 34.1 Å². The number of carboxylic acid groups (broad SMARTS) is 1. The Labute approximate surface area is 120 Å². The van der Waals surface area contributed by atoms with Gasteiger partial charge in [-0.3, -0.25) is 4.98 Å². The zero-order valence-electron chi connectivity index (χ0n) is 10.9. The summed E-state index contributed by atoms with van der Waals surface area (Å²) < 4.78 is 0. The summed E-state index contributed by atoms with van der Waals surface area (Å²) in [5.41, 5.74) is 7.63. The van der Waals surface area contributed by atoms with Crippen molar-refractivity contribution in [3.8, 4) is 0 Å². The van der Waals surface area contributed by atoms with Gasteiger partial charge in [-0.2, -0.15) is 0 Å². The lowest BCUT2D eigenvalue weighted by molar-refractivity contribution is 0.0690. The first-order valence-electron chi connectivity index (χ1n) is 6.26. The molecule has 0 aliphatic rings. The van der Waals surface area contributed by atoms with Crippen LogP contribution in [0.4, 0.5) is 17.2 Å². The highest BCUT2D eigenvalue weighted by molar-refractivity contribution is 5.93. The molecule has 0 spiro atoms. The van der Waals surface area contributed by atoms with E-state index in [9.17, 15) is 4.79 Å². The molecule has 3 aromatic rings. The second-order valence-corrected chi connectivity index (χ2v) is 4.45. The number of carboxylic acids is 1. The molecule has 0 aliphatic carbocycles. The van der Waals surface area contributed by atoms with E-state index < -0.39 is 5.97 Å². The monoisotopic (exact) mass is 280 g/mol. The summed E-state index contributed by atoms with van der Waals surface area (Å²) in [6, 6.07) is 12.3. The fraction of sp³-hybridized carbons (Fsp3) is 0. The molecule has 104 valence electrons. The number of nitrogens with one attached hydrogen (secondary N) is 1. The molecule has 21 heavy (non-hydrogen) atoms. The lowest BCUT2D eigenvalue weighted by Gasteiger charge is -2.10. The summed E-state index contributed by atoms with van der Waals surface area (Å²) in [4.78, 5) is 19.3.